The minimum atomic E-state index is -2.90. The van der Waals surface area contributed by atoms with Gasteiger partial charge in [-0.05, 0) is 39.0 Å². The molecule has 0 saturated carbocycles. The minimum absolute atomic E-state index is 0.0269. The van der Waals surface area contributed by atoms with Crippen molar-refractivity contribution in [1.82, 2.24) is 9.97 Å². The average Bonchev–Trinajstić information content (AvgIpc) is 2.67. The van der Waals surface area contributed by atoms with Gasteiger partial charge in [0.05, 0.1) is 11.5 Å². The average molecular weight is 309 g/mol. The van der Waals surface area contributed by atoms with Crippen LogP contribution >= 0.6 is 0 Å². The molecule has 2 aliphatic rings. The molecule has 1 aromatic heterocycles. The zero-order valence-electron chi connectivity index (χ0n) is 12.6. The second-order valence-corrected chi connectivity index (χ2v) is 8.28. The molecule has 2 heterocycles. The summed E-state index contributed by atoms with van der Waals surface area (Å²) in [5, 5.41) is 3.35. The maximum absolute atomic E-state index is 11.7. The Morgan fingerprint density at radius 1 is 1.19 bits per heavy atom. The van der Waals surface area contributed by atoms with Gasteiger partial charge in [-0.2, -0.15) is 0 Å². The van der Waals surface area contributed by atoms with E-state index in [0.717, 1.165) is 43.1 Å². The smallest absolute Gasteiger partial charge is 0.151 e. The standard InChI is InChI=1S/C15H23N3O2S/c1-2-16-15-12-6-4-3-5-7-13(12)17-14(18-15)11-8-9-21(19,20)10-11/h11H,2-10H2,1H3,(H,16,17,18). The summed E-state index contributed by atoms with van der Waals surface area (Å²) in [4.78, 5) is 9.43. The van der Waals surface area contributed by atoms with Crippen molar-refractivity contribution in [3.63, 3.8) is 0 Å². The Morgan fingerprint density at radius 3 is 2.71 bits per heavy atom. The lowest BCUT2D eigenvalue weighted by Gasteiger charge is -2.16. The molecule has 3 rings (SSSR count). The number of hydrogen-bond donors (Lipinski definition) is 1. The van der Waals surface area contributed by atoms with Crippen molar-refractivity contribution in [2.45, 2.75) is 51.4 Å². The largest absolute Gasteiger partial charge is 0.370 e. The molecule has 1 atom stereocenters. The van der Waals surface area contributed by atoms with Crippen LogP contribution < -0.4 is 5.32 Å². The van der Waals surface area contributed by atoms with Crippen LogP contribution in [0.3, 0.4) is 0 Å². The van der Waals surface area contributed by atoms with Crippen molar-refractivity contribution >= 4 is 15.7 Å². The highest BCUT2D eigenvalue weighted by Gasteiger charge is 2.32. The van der Waals surface area contributed by atoms with Gasteiger partial charge in [0.2, 0.25) is 0 Å². The van der Waals surface area contributed by atoms with E-state index in [2.05, 4.69) is 17.2 Å². The molecule has 1 aliphatic heterocycles. The van der Waals surface area contributed by atoms with Gasteiger partial charge in [-0.3, -0.25) is 0 Å². The number of fused-ring (bicyclic) bond motifs is 1. The summed E-state index contributed by atoms with van der Waals surface area (Å²) in [7, 11) is -2.90. The van der Waals surface area contributed by atoms with Gasteiger partial charge in [-0.15, -0.1) is 0 Å². The Kier molecular flexibility index (Phi) is 4.15. The van der Waals surface area contributed by atoms with Crippen LogP contribution in [-0.4, -0.2) is 36.4 Å². The molecule has 1 aliphatic carbocycles. The van der Waals surface area contributed by atoms with E-state index in [1.165, 1.54) is 18.4 Å². The zero-order valence-corrected chi connectivity index (χ0v) is 13.4. The first-order valence-electron chi connectivity index (χ1n) is 7.93. The Hall–Kier alpha value is -1.17. The third-order valence-electron chi connectivity index (χ3n) is 4.39. The molecule has 0 bridgehead atoms. The van der Waals surface area contributed by atoms with Gasteiger partial charge < -0.3 is 5.32 Å². The summed E-state index contributed by atoms with van der Waals surface area (Å²) in [6.07, 6.45) is 6.26. The fraction of sp³-hybridized carbons (Fsp3) is 0.733. The summed E-state index contributed by atoms with van der Waals surface area (Å²) in [5.41, 5.74) is 2.39. The van der Waals surface area contributed by atoms with Crippen LogP contribution in [0.5, 0.6) is 0 Å². The van der Waals surface area contributed by atoms with Crippen molar-refractivity contribution in [2.75, 3.05) is 23.4 Å². The number of anilines is 1. The summed E-state index contributed by atoms with van der Waals surface area (Å²) < 4.78 is 23.4. The van der Waals surface area contributed by atoms with Crippen molar-refractivity contribution < 1.29 is 8.42 Å². The molecule has 1 aromatic rings. The van der Waals surface area contributed by atoms with E-state index in [4.69, 9.17) is 4.98 Å². The van der Waals surface area contributed by atoms with Crippen LogP contribution in [0.1, 0.15) is 55.6 Å². The summed E-state index contributed by atoms with van der Waals surface area (Å²) in [6.45, 7) is 2.89. The number of aryl methyl sites for hydroxylation is 1. The van der Waals surface area contributed by atoms with E-state index in [0.29, 0.717) is 6.42 Å². The van der Waals surface area contributed by atoms with E-state index >= 15 is 0 Å². The van der Waals surface area contributed by atoms with E-state index in [9.17, 15) is 8.42 Å². The molecular formula is C15H23N3O2S. The fourth-order valence-electron chi connectivity index (χ4n) is 3.28. The molecule has 5 nitrogen and oxygen atoms in total. The lowest BCUT2D eigenvalue weighted by Crippen LogP contribution is -2.14. The Morgan fingerprint density at radius 2 is 2.00 bits per heavy atom. The lowest BCUT2D eigenvalue weighted by molar-refractivity contribution is 0.601. The SMILES string of the molecule is CCNc1nc(C2CCS(=O)(=O)C2)nc2c1CCCCC2. The predicted octanol–water partition coefficient (Wildman–Crippen LogP) is 2.08. The Labute approximate surface area is 126 Å². The predicted molar refractivity (Wildman–Crippen MR) is 83.5 cm³/mol. The van der Waals surface area contributed by atoms with Gasteiger partial charge in [0.1, 0.15) is 11.6 Å². The highest BCUT2D eigenvalue weighted by molar-refractivity contribution is 7.91. The normalized spacial score (nSPS) is 24.3. The molecule has 21 heavy (non-hydrogen) atoms. The highest BCUT2D eigenvalue weighted by atomic mass is 32.2. The van der Waals surface area contributed by atoms with Crippen molar-refractivity contribution in [1.29, 1.82) is 0 Å². The van der Waals surface area contributed by atoms with Crippen LogP contribution in [-0.2, 0) is 22.7 Å². The maximum Gasteiger partial charge on any atom is 0.151 e. The van der Waals surface area contributed by atoms with E-state index in [1.54, 1.807) is 0 Å². The van der Waals surface area contributed by atoms with Gasteiger partial charge in [-0.25, -0.2) is 18.4 Å². The van der Waals surface area contributed by atoms with Crippen molar-refractivity contribution in [2.24, 2.45) is 0 Å². The second-order valence-electron chi connectivity index (χ2n) is 6.05. The van der Waals surface area contributed by atoms with E-state index in [-0.39, 0.29) is 17.4 Å². The number of aromatic nitrogens is 2. The summed E-state index contributed by atoms with van der Waals surface area (Å²) in [5.74, 6) is 2.11. The monoisotopic (exact) mass is 309 g/mol. The van der Waals surface area contributed by atoms with E-state index < -0.39 is 9.84 Å². The van der Waals surface area contributed by atoms with Gasteiger partial charge in [0, 0.05) is 23.7 Å². The van der Waals surface area contributed by atoms with Crippen molar-refractivity contribution in [3.05, 3.63) is 17.1 Å². The minimum Gasteiger partial charge on any atom is -0.370 e. The fourth-order valence-corrected chi connectivity index (χ4v) is 5.02. The lowest BCUT2D eigenvalue weighted by atomic mass is 10.1. The Bertz CT molecular complexity index is 628. The topological polar surface area (TPSA) is 72.0 Å². The van der Waals surface area contributed by atoms with E-state index in [1.807, 2.05) is 0 Å². The quantitative estimate of drug-likeness (QED) is 0.866. The van der Waals surface area contributed by atoms with Gasteiger partial charge in [0.15, 0.2) is 9.84 Å². The second kappa shape index (κ2) is 5.91. The highest BCUT2D eigenvalue weighted by Crippen LogP contribution is 2.31. The van der Waals surface area contributed by atoms with Crippen LogP contribution in [0.2, 0.25) is 0 Å². The van der Waals surface area contributed by atoms with Crippen LogP contribution in [0.15, 0.2) is 0 Å². The first-order chi connectivity index (χ1) is 10.1. The van der Waals surface area contributed by atoms with Gasteiger partial charge in [0.25, 0.3) is 0 Å². The molecule has 1 N–H and O–H groups in total. The molecule has 116 valence electrons. The Balaban J connectivity index is 1.98. The van der Waals surface area contributed by atoms with Crippen LogP contribution in [0, 0.1) is 0 Å². The molecule has 1 unspecified atom stereocenters. The zero-order chi connectivity index (χ0) is 14.9. The third kappa shape index (κ3) is 3.20. The first kappa shape index (κ1) is 14.8. The molecule has 6 heteroatoms. The molecule has 0 amide bonds. The van der Waals surface area contributed by atoms with Crippen molar-refractivity contribution in [3.8, 4) is 0 Å². The molecular weight excluding hydrogens is 286 g/mol. The third-order valence-corrected chi connectivity index (χ3v) is 6.16. The molecule has 0 radical (unpaired) electrons. The molecule has 0 aromatic carbocycles. The van der Waals surface area contributed by atoms with Gasteiger partial charge >= 0.3 is 0 Å². The first-order valence-corrected chi connectivity index (χ1v) is 9.75. The van der Waals surface area contributed by atoms with Crippen LogP contribution in [0.4, 0.5) is 5.82 Å². The summed E-state index contributed by atoms with van der Waals surface area (Å²) in [6, 6.07) is 0. The maximum atomic E-state index is 11.7. The van der Waals surface area contributed by atoms with Crippen LogP contribution in [0.25, 0.3) is 0 Å². The number of rotatable bonds is 3. The number of nitrogens with zero attached hydrogens (tertiary/aromatic N) is 2. The molecule has 0 spiro atoms. The number of hydrogen-bond acceptors (Lipinski definition) is 5. The molecule has 1 saturated heterocycles. The molecule has 1 fully saturated rings. The van der Waals surface area contributed by atoms with Gasteiger partial charge in [-0.1, -0.05) is 6.42 Å². The summed E-state index contributed by atoms with van der Waals surface area (Å²) >= 11 is 0. The number of nitrogens with one attached hydrogen (secondary N) is 1. The number of sulfone groups is 1.